The van der Waals surface area contributed by atoms with E-state index in [9.17, 15) is 9.90 Å². The Labute approximate surface area is 134 Å². The summed E-state index contributed by atoms with van der Waals surface area (Å²) in [4.78, 5) is 13.6. The first kappa shape index (κ1) is 16.3. The molecule has 4 nitrogen and oxygen atoms in total. The lowest BCUT2D eigenvalue weighted by Crippen LogP contribution is -2.47. The molecular formula is C16H22BrNO3. The number of aliphatic hydroxyl groups excluding tert-OH is 1. The Bertz CT molecular complexity index is 495. The molecule has 0 aliphatic carbocycles. The fourth-order valence-electron chi connectivity index (χ4n) is 2.52. The number of piperidine rings is 1. The van der Waals surface area contributed by atoms with Gasteiger partial charge >= 0.3 is 6.09 Å². The lowest BCUT2D eigenvalue weighted by atomic mass is 9.87. The normalized spacial score (nSPS) is 23.0. The number of likely N-dealkylation sites (tertiary alicyclic amines) is 1. The van der Waals surface area contributed by atoms with Crippen LogP contribution in [-0.4, -0.2) is 40.9 Å². The predicted octanol–water partition coefficient (Wildman–Crippen LogP) is 3.53. The SMILES string of the molecule is CC(C)(C)OC(=O)N1CC[C@H](c2ccc(Br)cc2)[C@@H](O)C1. The number of nitrogens with zero attached hydrogens (tertiary/aromatic N) is 1. The van der Waals surface area contributed by atoms with Crippen LogP contribution in [0.5, 0.6) is 0 Å². The van der Waals surface area contributed by atoms with Crippen LogP contribution in [-0.2, 0) is 4.74 Å². The Morgan fingerprint density at radius 3 is 2.48 bits per heavy atom. The molecule has 1 aromatic carbocycles. The van der Waals surface area contributed by atoms with Crippen LogP contribution < -0.4 is 0 Å². The number of carbonyl (C=O) groups excluding carboxylic acids is 1. The smallest absolute Gasteiger partial charge is 0.410 e. The molecule has 0 bridgehead atoms. The number of hydrogen-bond acceptors (Lipinski definition) is 3. The third-order valence-corrected chi connectivity index (χ3v) is 4.06. The van der Waals surface area contributed by atoms with E-state index in [0.29, 0.717) is 13.1 Å². The summed E-state index contributed by atoms with van der Waals surface area (Å²) in [6.45, 7) is 6.45. The van der Waals surface area contributed by atoms with E-state index in [0.717, 1.165) is 16.5 Å². The number of amides is 1. The number of β-amino-alcohol motifs (C(OH)–C–C–N with tert-alkyl or cyclic N) is 1. The second-order valence-corrected chi connectivity index (χ2v) is 7.36. The molecule has 1 aliphatic heterocycles. The number of carbonyl (C=O) groups is 1. The molecule has 1 heterocycles. The van der Waals surface area contributed by atoms with Gasteiger partial charge in [-0.05, 0) is 44.9 Å². The van der Waals surface area contributed by atoms with Crippen molar-refractivity contribution in [1.29, 1.82) is 0 Å². The van der Waals surface area contributed by atoms with Gasteiger partial charge in [-0.2, -0.15) is 0 Å². The molecule has 116 valence electrons. The monoisotopic (exact) mass is 355 g/mol. The summed E-state index contributed by atoms with van der Waals surface area (Å²) in [5, 5.41) is 10.3. The van der Waals surface area contributed by atoms with E-state index in [1.165, 1.54) is 0 Å². The zero-order valence-corrected chi connectivity index (χ0v) is 14.3. The highest BCUT2D eigenvalue weighted by Gasteiger charge is 2.33. The van der Waals surface area contributed by atoms with Crippen molar-refractivity contribution in [3.05, 3.63) is 34.3 Å². The third-order valence-electron chi connectivity index (χ3n) is 3.53. The van der Waals surface area contributed by atoms with Gasteiger partial charge in [0, 0.05) is 16.9 Å². The highest BCUT2D eigenvalue weighted by Crippen LogP contribution is 2.30. The van der Waals surface area contributed by atoms with Crippen molar-refractivity contribution in [2.24, 2.45) is 0 Å². The third kappa shape index (κ3) is 4.45. The van der Waals surface area contributed by atoms with Gasteiger partial charge in [-0.15, -0.1) is 0 Å². The molecule has 1 fully saturated rings. The second kappa shape index (κ2) is 6.36. The number of ether oxygens (including phenoxy) is 1. The van der Waals surface area contributed by atoms with Gasteiger partial charge in [-0.1, -0.05) is 28.1 Å². The Kier molecular flexibility index (Phi) is 4.94. The second-order valence-electron chi connectivity index (χ2n) is 6.44. The lowest BCUT2D eigenvalue weighted by molar-refractivity contribution is -0.00151. The van der Waals surface area contributed by atoms with E-state index in [1.807, 2.05) is 45.0 Å². The van der Waals surface area contributed by atoms with Crippen molar-refractivity contribution in [3.63, 3.8) is 0 Å². The molecule has 1 aromatic rings. The summed E-state index contributed by atoms with van der Waals surface area (Å²) in [5.41, 5.74) is 0.597. The molecule has 0 radical (unpaired) electrons. The fourth-order valence-corrected chi connectivity index (χ4v) is 2.79. The molecule has 1 N–H and O–H groups in total. The average molecular weight is 356 g/mol. The molecular weight excluding hydrogens is 334 g/mol. The number of aliphatic hydroxyl groups is 1. The number of halogens is 1. The zero-order chi connectivity index (χ0) is 15.6. The van der Waals surface area contributed by atoms with Gasteiger partial charge in [0.05, 0.1) is 12.6 Å². The Morgan fingerprint density at radius 2 is 1.95 bits per heavy atom. The Balaban J connectivity index is 1.99. The Hall–Kier alpha value is -1.07. The van der Waals surface area contributed by atoms with Crippen LogP contribution in [0.3, 0.4) is 0 Å². The quantitative estimate of drug-likeness (QED) is 0.838. The first-order valence-corrected chi connectivity index (χ1v) is 7.97. The fraction of sp³-hybridized carbons (Fsp3) is 0.562. The van der Waals surface area contributed by atoms with E-state index in [1.54, 1.807) is 4.90 Å². The molecule has 1 saturated heterocycles. The minimum Gasteiger partial charge on any atom is -0.444 e. The number of benzene rings is 1. The van der Waals surface area contributed by atoms with Crippen LogP contribution in [0.2, 0.25) is 0 Å². The van der Waals surface area contributed by atoms with Crippen molar-refractivity contribution in [3.8, 4) is 0 Å². The molecule has 0 spiro atoms. The molecule has 5 heteroatoms. The van der Waals surface area contributed by atoms with Gasteiger partial charge in [0.25, 0.3) is 0 Å². The van der Waals surface area contributed by atoms with E-state index < -0.39 is 11.7 Å². The minimum absolute atomic E-state index is 0.0665. The van der Waals surface area contributed by atoms with Gasteiger partial charge in [0.2, 0.25) is 0 Å². The lowest BCUT2D eigenvalue weighted by Gasteiger charge is -2.36. The maximum atomic E-state index is 12.0. The zero-order valence-electron chi connectivity index (χ0n) is 12.7. The number of rotatable bonds is 1. The first-order chi connectivity index (χ1) is 9.76. The molecule has 0 saturated carbocycles. The molecule has 1 amide bonds. The van der Waals surface area contributed by atoms with Crippen molar-refractivity contribution >= 4 is 22.0 Å². The van der Waals surface area contributed by atoms with Crippen LogP contribution in [0, 0.1) is 0 Å². The van der Waals surface area contributed by atoms with Gasteiger partial charge in [0.1, 0.15) is 5.60 Å². The highest BCUT2D eigenvalue weighted by molar-refractivity contribution is 9.10. The van der Waals surface area contributed by atoms with Gasteiger partial charge in [0.15, 0.2) is 0 Å². The molecule has 0 aromatic heterocycles. The highest BCUT2D eigenvalue weighted by atomic mass is 79.9. The topological polar surface area (TPSA) is 49.8 Å². The molecule has 1 aliphatic rings. The summed E-state index contributed by atoms with van der Waals surface area (Å²) in [6, 6.07) is 7.98. The van der Waals surface area contributed by atoms with Crippen molar-refractivity contribution in [2.45, 2.75) is 44.8 Å². The van der Waals surface area contributed by atoms with Crippen LogP contribution in [0.15, 0.2) is 28.7 Å². The molecule has 0 unspecified atom stereocenters. The molecule has 21 heavy (non-hydrogen) atoms. The van der Waals surface area contributed by atoms with Crippen molar-refractivity contribution < 1.29 is 14.6 Å². The summed E-state index contributed by atoms with van der Waals surface area (Å²) < 4.78 is 6.37. The van der Waals surface area contributed by atoms with Crippen molar-refractivity contribution in [1.82, 2.24) is 4.90 Å². The summed E-state index contributed by atoms with van der Waals surface area (Å²) >= 11 is 3.41. The van der Waals surface area contributed by atoms with E-state index >= 15 is 0 Å². The largest absolute Gasteiger partial charge is 0.444 e. The minimum atomic E-state index is -0.563. The van der Waals surface area contributed by atoms with E-state index in [2.05, 4.69) is 15.9 Å². The van der Waals surface area contributed by atoms with Gasteiger partial charge in [-0.3, -0.25) is 0 Å². The van der Waals surface area contributed by atoms with Crippen LogP contribution in [0.4, 0.5) is 4.79 Å². The summed E-state index contributed by atoms with van der Waals surface area (Å²) in [6.07, 6.45) is -0.176. The van der Waals surface area contributed by atoms with Crippen LogP contribution >= 0.6 is 15.9 Å². The van der Waals surface area contributed by atoms with Crippen LogP contribution in [0.1, 0.15) is 38.7 Å². The first-order valence-electron chi connectivity index (χ1n) is 7.18. The summed E-state index contributed by atoms with van der Waals surface area (Å²) in [5.74, 6) is 0.0665. The van der Waals surface area contributed by atoms with Crippen molar-refractivity contribution in [2.75, 3.05) is 13.1 Å². The molecule has 2 rings (SSSR count). The van der Waals surface area contributed by atoms with Gasteiger partial charge in [-0.25, -0.2) is 4.79 Å². The standard InChI is InChI=1S/C16H22BrNO3/c1-16(2,3)21-15(20)18-9-8-13(14(19)10-18)11-4-6-12(17)7-5-11/h4-7,13-14,19H,8-10H2,1-3H3/t13-,14+/m1/s1. The predicted molar refractivity (Wildman–Crippen MR) is 85.3 cm³/mol. The molecule has 2 atom stereocenters. The number of hydrogen-bond donors (Lipinski definition) is 1. The average Bonchev–Trinajstić information content (AvgIpc) is 2.38. The van der Waals surface area contributed by atoms with Gasteiger partial charge < -0.3 is 14.7 Å². The maximum Gasteiger partial charge on any atom is 0.410 e. The maximum absolute atomic E-state index is 12.0. The Morgan fingerprint density at radius 1 is 1.33 bits per heavy atom. The van der Waals surface area contributed by atoms with Crippen LogP contribution in [0.25, 0.3) is 0 Å². The van der Waals surface area contributed by atoms with E-state index in [-0.39, 0.29) is 12.0 Å². The summed E-state index contributed by atoms with van der Waals surface area (Å²) in [7, 11) is 0. The van der Waals surface area contributed by atoms with E-state index in [4.69, 9.17) is 4.74 Å².